The van der Waals surface area contributed by atoms with Gasteiger partial charge in [-0.1, -0.05) is 19.8 Å². The van der Waals surface area contributed by atoms with Gasteiger partial charge in [-0.2, -0.15) is 0 Å². The Labute approximate surface area is 166 Å². The number of nitrogens with zero attached hydrogens (tertiary/aromatic N) is 1. The number of carbonyl (C=O) groups is 2. The Morgan fingerprint density at radius 1 is 1.21 bits per heavy atom. The second kappa shape index (κ2) is 8.11. The van der Waals surface area contributed by atoms with Gasteiger partial charge in [0.05, 0.1) is 17.5 Å². The Morgan fingerprint density at radius 2 is 1.93 bits per heavy atom. The molecular weight excluding hydrogens is 380 g/mol. The van der Waals surface area contributed by atoms with Crippen LogP contribution in [0.15, 0.2) is 18.2 Å². The molecule has 1 saturated carbocycles. The number of esters is 1. The van der Waals surface area contributed by atoms with Crippen molar-refractivity contribution >= 4 is 27.6 Å². The largest absolute Gasteiger partial charge is 0.452 e. The van der Waals surface area contributed by atoms with E-state index >= 15 is 0 Å². The molecule has 1 fully saturated rings. The van der Waals surface area contributed by atoms with Crippen molar-refractivity contribution in [3.63, 3.8) is 0 Å². The molecule has 1 N–H and O–H groups in total. The molecule has 0 bridgehead atoms. The fourth-order valence-electron chi connectivity index (χ4n) is 4.23. The molecule has 0 unspecified atom stereocenters. The molecule has 1 amide bonds. The summed E-state index contributed by atoms with van der Waals surface area (Å²) in [4.78, 5) is 24.4. The van der Waals surface area contributed by atoms with Gasteiger partial charge in [0.25, 0.3) is 5.91 Å². The van der Waals surface area contributed by atoms with Crippen LogP contribution in [0.5, 0.6) is 0 Å². The standard InChI is InChI=1S/C20H28N2O5S/c1-13-6-4-5-7-17(13)21-19(23)12-27-20(24)15-8-9-18-16(11-15)10-14(2)22(18)28(3,25)26/h8-9,11,13-14,17H,4-7,10,12H2,1-3H3,(H,21,23)/t13-,14-,17+/m0/s1. The van der Waals surface area contributed by atoms with Crippen LogP contribution in [-0.4, -0.2) is 45.2 Å². The summed E-state index contributed by atoms with van der Waals surface area (Å²) >= 11 is 0. The Hall–Kier alpha value is -2.09. The summed E-state index contributed by atoms with van der Waals surface area (Å²) in [6.45, 7) is 3.64. The van der Waals surface area contributed by atoms with Gasteiger partial charge in [-0.3, -0.25) is 9.10 Å². The van der Waals surface area contributed by atoms with Crippen LogP contribution < -0.4 is 9.62 Å². The molecule has 154 valence electrons. The lowest BCUT2D eigenvalue weighted by Crippen LogP contribution is -2.42. The van der Waals surface area contributed by atoms with Gasteiger partial charge in [0.15, 0.2) is 6.61 Å². The van der Waals surface area contributed by atoms with Gasteiger partial charge < -0.3 is 10.1 Å². The molecule has 8 heteroatoms. The minimum Gasteiger partial charge on any atom is -0.452 e. The predicted octanol–water partition coefficient (Wildman–Crippen LogP) is 2.25. The van der Waals surface area contributed by atoms with Crippen LogP contribution in [0.1, 0.15) is 55.5 Å². The smallest absolute Gasteiger partial charge is 0.338 e. The van der Waals surface area contributed by atoms with E-state index in [1.807, 2.05) is 6.92 Å². The normalized spacial score (nSPS) is 24.5. The predicted molar refractivity (Wildman–Crippen MR) is 107 cm³/mol. The zero-order chi connectivity index (χ0) is 20.5. The molecule has 7 nitrogen and oxygen atoms in total. The first-order valence-corrected chi connectivity index (χ1v) is 11.6. The number of sulfonamides is 1. The van der Waals surface area contributed by atoms with Gasteiger partial charge in [0.1, 0.15) is 0 Å². The topological polar surface area (TPSA) is 92.8 Å². The summed E-state index contributed by atoms with van der Waals surface area (Å²) in [5.41, 5.74) is 1.70. The highest BCUT2D eigenvalue weighted by atomic mass is 32.2. The van der Waals surface area contributed by atoms with Crippen LogP contribution in [0, 0.1) is 5.92 Å². The van der Waals surface area contributed by atoms with Gasteiger partial charge in [0.2, 0.25) is 10.0 Å². The Bertz CT molecular complexity index is 867. The molecule has 1 aromatic rings. The number of nitrogens with one attached hydrogen (secondary N) is 1. The summed E-state index contributed by atoms with van der Waals surface area (Å²) in [6.07, 6.45) is 6.06. The van der Waals surface area contributed by atoms with E-state index in [1.54, 1.807) is 18.2 Å². The van der Waals surface area contributed by atoms with Crippen LogP contribution in [0.4, 0.5) is 5.69 Å². The third-order valence-corrected chi connectivity index (χ3v) is 6.89. The Kier molecular flexibility index (Phi) is 5.98. The molecular formula is C20H28N2O5S. The molecule has 0 radical (unpaired) electrons. The average molecular weight is 409 g/mol. The fourth-order valence-corrected chi connectivity index (χ4v) is 5.49. The first-order chi connectivity index (χ1) is 13.2. The van der Waals surface area contributed by atoms with E-state index in [2.05, 4.69) is 12.2 Å². The summed E-state index contributed by atoms with van der Waals surface area (Å²) in [7, 11) is -3.37. The van der Waals surface area contributed by atoms with Gasteiger partial charge in [0, 0.05) is 12.1 Å². The van der Waals surface area contributed by atoms with Gasteiger partial charge in [-0.25, -0.2) is 13.2 Å². The van der Waals surface area contributed by atoms with Crippen molar-refractivity contribution in [1.82, 2.24) is 5.32 Å². The van der Waals surface area contributed by atoms with Crippen molar-refractivity contribution in [1.29, 1.82) is 0 Å². The number of hydrogen-bond acceptors (Lipinski definition) is 5. The lowest BCUT2D eigenvalue weighted by molar-refractivity contribution is -0.125. The third-order valence-electron chi connectivity index (χ3n) is 5.62. The maximum atomic E-state index is 12.3. The first-order valence-electron chi connectivity index (χ1n) is 9.75. The zero-order valence-corrected chi connectivity index (χ0v) is 17.4. The molecule has 1 heterocycles. The van der Waals surface area contributed by atoms with Crippen molar-refractivity contribution in [2.45, 2.75) is 58.0 Å². The van der Waals surface area contributed by atoms with E-state index in [-0.39, 0.29) is 24.6 Å². The summed E-state index contributed by atoms with van der Waals surface area (Å²) in [6, 6.07) is 4.77. The van der Waals surface area contributed by atoms with Crippen molar-refractivity contribution in [3.8, 4) is 0 Å². The highest BCUT2D eigenvalue weighted by Gasteiger charge is 2.33. The van der Waals surface area contributed by atoms with Crippen molar-refractivity contribution < 1.29 is 22.7 Å². The molecule has 1 aliphatic heterocycles. The molecule has 1 aromatic carbocycles. The van der Waals surface area contributed by atoms with E-state index < -0.39 is 16.0 Å². The molecule has 0 saturated heterocycles. The second-order valence-electron chi connectivity index (χ2n) is 7.97. The number of carbonyl (C=O) groups excluding carboxylic acids is 2. The maximum Gasteiger partial charge on any atom is 0.338 e. The van der Waals surface area contributed by atoms with Crippen LogP contribution in [-0.2, 0) is 26.0 Å². The first kappa shape index (κ1) is 20.6. The van der Waals surface area contributed by atoms with Gasteiger partial charge >= 0.3 is 5.97 Å². The van der Waals surface area contributed by atoms with E-state index in [1.165, 1.54) is 17.0 Å². The average Bonchev–Trinajstić information content (AvgIpc) is 2.96. The third kappa shape index (κ3) is 4.48. The second-order valence-corrected chi connectivity index (χ2v) is 9.83. The highest BCUT2D eigenvalue weighted by Crippen LogP contribution is 2.34. The number of rotatable bonds is 5. The summed E-state index contributed by atoms with van der Waals surface area (Å²) < 4.78 is 30.5. The molecule has 0 spiro atoms. The Morgan fingerprint density at radius 3 is 2.61 bits per heavy atom. The summed E-state index contributed by atoms with van der Waals surface area (Å²) in [5, 5.41) is 2.96. The lowest BCUT2D eigenvalue weighted by atomic mass is 9.86. The van der Waals surface area contributed by atoms with Gasteiger partial charge in [-0.05, 0) is 55.9 Å². The van der Waals surface area contributed by atoms with Crippen LogP contribution >= 0.6 is 0 Å². The fraction of sp³-hybridized carbons (Fsp3) is 0.600. The molecule has 28 heavy (non-hydrogen) atoms. The molecule has 3 atom stereocenters. The number of benzene rings is 1. The maximum absolute atomic E-state index is 12.3. The molecule has 1 aliphatic carbocycles. The van der Waals surface area contributed by atoms with Crippen molar-refractivity contribution in [2.75, 3.05) is 17.2 Å². The highest BCUT2D eigenvalue weighted by molar-refractivity contribution is 7.92. The number of amides is 1. The van der Waals surface area contributed by atoms with E-state index in [4.69, 9.17) is 4.74 Å². The van der Waals surface area contributed by atoms with Crippen molar-refractivity contribution in [3.05, 3.63) is 29.3 Å². The zero-order valence-electron chi connectivity index (χ0n) is 16.6. The van der Waals surface area contributed by atoms with Gasteiger partial charge in [-0.15, -0.1) is 0 Å². The van der Waals surface area contributed by atoms with E-state index in [9.17, 15) is 18.0 Å². The minimum atomic E-state index is -3.37. The van der Waals surface area contributed by atoms with E-state index in [0.29, 0.717) is 23.6 Å². The van der Waals surface area contributed by atoms with Crippen LogP contribution in [0.2, 0.25) is 0 Å². The number of ether oxygens (including phenoxy) is 1. The molecule has 2 aliphatic rings. The van der Waals surface area contributed by atoms with Crippen LogP contribution in [0.3, 0.4) is 0 Å². The summed E-state index contributed by atoms with van der Waals surface area (Å²) in [5.74, 6) is -0.435. The monoisotopic (exact) mass is 408 g/mol. The molecule has 3 rings (SSSR count). The number of anilines is 1. The lowest BCUT2D eigenvalue weighted by Gasteiger charge is -2.29. The number of fused-ring (bicyclic) bond motifs is 1. The van der Waals surface area contributed by atoms with Crippen LogP contribution in [0.25, 0.3) is 0 Å². The SMILES string of the molecule is C[C@H]1CCCC[C@H]1NC(=O)COC(=O)c1ccc2c(c1)C[C@H](C)N2S(C)(=O)=O. The molecule has 0 aromatic heterocycles. The quantitative estimate of drug-likeness (QED) is 0.755. The van der Waals surface area contributed by atoms with Crippen molar-refractivity contribution in [2.24, 2.45) is 5.92 Å². The minimum absolute atomic E-state index is 0.142. The number of hydrogen-bond donors (Lipinski definition) is 1. The van der Waals surface area contributed by atoms with E-state index in [0.717, 1.165) is 24.8 Å². The Balaban J connectivity index is 1.60.